The number of ether oxygens (including phenoxy) is 1. The van der Waals surface area contributed by atoms with Crippen LogP contribution >= 0.6 is 15.9 Å². The molecule has 5 heteroatoms. The van der Waals surface area contributed by atoms with E-state index in [-0.39, 0.29) is 5.78 Å². The summed E-state index contributed by atoms with van der Waals surface area (Å²) in [4.78, 5) is 24.3. The van der Waals surface area contributed by atoms with Crippen molar-refractivity contribution in [1.29, 1.82) is 0 Å². The van der Waals surface area contributed by atoms with Gasteiger partial charge in [-0.2, -0.15) is 0 Å². The smallest absolute Gasteiger partial charge is 0.343 e. The molecule has 4 nitrogen and oxygen atoms in total. The van der Waals surface area contributed by atoms with Gasteiger partial charge in [0.05, 0.1) is 13.0 Å². The standard InChI is InChI=1S/C15H17BrO4/c1-20-14(18)15(19,10-6-8-11(16)9-7-10)12-4-2-3-5-13(12)17/h6-9,12,19H,2-5H2,1H3/t12-,15-/m0/s1. The molecule has 1 N–H and O–H groups in total. The summed E-state index contributed by atoms with van der Waals surface area (Å²) in [6.07, 6.45) is 2.54. The van der Waals surface area contributed by atoms with E-state index in [1.54, 1.807) is 24.3 Å². The maximum atomic E-state index is 12.1. The van der Waals surface area contributed by atoms with Gasteiger partial charge in [-0.25, -0.2) is 4.79 Å². The van der Waals surface area contributed by atoms with E-state index in [0.717, 1.165) is 17.3 Å². The van der Waals surface area contributed by atoms with Crippen LogP contribution in [0.1, 0.15) is 31.2 Å². The predicted octanol–water partition coefficient (Wildman–Crippen LogP) is 2.57. The Kier molecular flexibility index (Phi) is 4.60. The number of carbonyl (C=O) groups excluding carboxylic acids is 2. The molecule has 2 atom stereocenters. The number of hydrogen-bond acceptors (Lipinski definition) is 4. The fourth-order valence-electron chi connectivity index (χ4n) is 2.75. The lowest BCUT2D eigenvalue weighted by atomic mass is 9.72. The summed E-state index contributed by atoms with van der Waals surface area (Å²) in [5.74, 6) is -1.59. The summed E-state index contributed by atoms with van der Waals surface area (Å²) in [5.41, 5.74) is -1.50. The number of Topliss-reactive ketones (excluding diaryl/α,β-unsaturated/α-hetero) is 1. The third-order valence-corrected chi connectivity index (χ3v) is 4.37. The molecule has 1 aliphatic carbocycles. The Hall–Kier alpha value is -1.20. The quantitative estimate of drug-likeness (QED) is 0.859. The van der Waals surface area contributed by atoms with Crippen LogP contribution in [0.5, 0.6) is 0 Å². The molecule has 0 aliphatic heterocycles. The highest BCUT2D eigenvalue weighted by molar-refractivity contribution is 9.10. The van der Waals surface area contributed by atoms with Crippen molar-refractivity contribution in [3.05, 3.63) is 34.3 Å². The lowest BCUT2D eigenvalue weighted by molar-refractivity contribution is -0.175. The van der Waals surface area contributed by atoms with Crippen molar-refractivity contribution < 1.29 is 19.4 Å². The predicted molar refractivity (Wildman–Crippen MR) is 77.0 cm³/mol. The highest BCUT2D eigenvalue weighted by Gasteiger charge is 2.50. The van der Waals surface area contributed by atoms with Crippen LogP contribution in [-0.4, -0.2) is 24.0 Å². The van der Waals surface area contributed by atoms with Crippen molar-refractivity contribution in [2.75, 3.05) is 7.11 Å². The molecule has 0 aromatic heterocycles. The van der Waals surface area contributed by atoms with Crippen LogP contribution < -0.4 is 0 Å². The molecule has 0 unspecified atom stereocenters. The Balaban J connectivity index is 2.47. The zero-order valence-electron chi connectivity index (χ0n) is 11.3. The minimum Gasteiger partial charge on any atom is -0.467 e. The van der Waals surface area contributed by atoms with Crippen LogP contribution in [0, 0.1) is 5.92 Å². The second kappa shape index (κ2) is 6.06. The van der Waals surface area contributed by atoms with Crippen molar-refractivity contribution in [2.45, 2.75) is 31.3 Å². The number of carbonyl (C=O) groups is 2. The Labute approximate surface area is 126 Å². The lowest BCUT2D eigenvalue weighted by Crippen LogP contribution is -2.48. The molecule has 0 saturated heterocycles. The van der Waals surface area contributed by atoms with E-state index in [1.807, 2.05) is 0 Å². The molecule has 0 spiro atoms. The SMILES string of the molecule is COC(=O)[C@](O)(c1ccc(Br)cc1)[C@H]1CCCCC1=O. The minimum atomic E-state index is -1.90. The van der Waals surface area contributed by atoms with E-state index in [9.17, 15) is 14.7 Å². The largest absolute Gasteiger partial charge is 0.467 e. The summed E-state index contributed by atoms with van der Waals surface area (Å²) in [6, 6.07) is 6.75. The molecule has 1 fully saturated rings. The maximum Gasteiger partial charge on any atom is 0.343 e. The van der Waals surface area contributed by atoms with E-state index >= 15 is 0 Å². The van der Waals surface area contributed by atoms with Crippen molar-refractivity contribution in [3.63, 3.8) is 0 Å². The van der Waals surface area contributed by atoms with Crippen molar-refractivity contribution in [2.24, 2.45) is 5.92 Å². The molecule has 1 aliphatic rings. The molecule has 1 aromatic carbocycles. The number of rotatable bonds is 3. The van der Waals surface area contributed by atoms with Gasteiger partial charge in [0.15, 0.2) is 5.60 Å². The zero-order chi connectivity index (χ0) is 14.8. The zero-order valence-corrected chi connectivity index (χ0v) is 12.9. The second-order valence-electron chi connectivity index (χ2n) is 5.03. The first-order valence-electron chi connectivity index (χ1n) is 6.59. The molecule has 0 amide bonds. The average molecular weight is 341 g/mol. The number of methoxy groups -OCH3 is 1. The highest BCUT2D eigenvalue weighted by Crippen LogP contribution is 2.38. The topological polar surface area (TPSA) is 63.6 Å². The van der Waals surface area contributed by atoms with Gasteiger partial charge >= 0.3 is 5.97 Å². The molecule has 1 aromatic rings. The molecular weight excluding hydrogens is 324 g/mol. The van der Waals surface area contributed by atoms with Crippen molar-refractivity contribution in [3.8, 4) is 0 Å². The first kappa shape index (κ1) is 15.2. The van der Waals surface area contributed by atoms with Gasteiger partial charge in [0.25, 0.3) is 0 Å². The summed E-state index contributed by atoms with van der Waals surface area (Å²) in [5, 5.41) is 10.9. The van der Waals surface area contributed by atoms with E-state index in [2.05, 4.69) is 15.9 Å². The van der Waals surface area contributed by atoms with Crippen LogP contribution in [0.4, 0.5) is 0 Å². The van der Waals surface area contributed by atoms with E-state index < -0.39 is 17.5 Å². The number of hydrogen-bond donors (Lipinski definition) is 1. The van der Waals surface area contributed by atoms with Gasteiger partial charge in [-0.05, 0) is 30.5 Å². The van der Waals surface area contributed by atoms with E-state index in [4.69, 9.17) is 4.74 Å². The van der Waals surface area contributed by atoms with Gasteiger partial charge in [-0.15, -0.1) is 0 Å². The maximum absolute atomic E-state index is 12.1. The molecule has 1 saturated carbocycles. The van der Waals surface area contributed by atoms with Crippen LogP contribution in [-0.2, 0) is 19.9 Å². The van der Waals surface area contributed by atoms with Crippen molar-refractivity contribution in [1.82, 2.24) is 0 Å². The molecule has 0 heterocycles. The first-order chi connectivity index (χ1) is 9.50. The van der Waals surface area contributed by atoms with Crippen LogP contribution in [0.3, 0.4) is 0 Å². The Morgan fingerprint density at radius 3 is 2.55 bits per heavy atom. The van der Waals surface area contributed by atoms with Crippen LogP contribution in [0.15, 0.2) is 28.7 Å². The van der Waals surface area contributed by atoms with Crippen LogP contribution in [0.2, 0.25) is 0 Å². The third kappa shape index (κ3) is 2.65. The van der Waals surface area contributed by atoms with Gasteiger partial charge in [-0.1, -0.05) is 34.5 Å². The van der Waals surface area contributed by atoms with Gasteiger partial charge < -0.3 is 9.84 Å². The molecule has 2 rings (SSSR count). The Morgan fingerprint density at radius 2 is 2.00 bits per heavy atom. The lowest BCUT2D eigenvalue weighted by Gasteiger charge is -2.35. The monoisotopic (exact) mass is 340 g/mol. The summed E-state index contributed by atoms with van der Waals surface area (Å²) in [6.45, 7) is 0. The molecule has 0 radical (unpaired) electrons. The highest BCUT2D eigenvalue weighted by atomic mass is 79.9. The fraction of sp³-hybridized carbons (Fsp3) is 0.467. The fourth-order valence-corrected chi connectivity index (χ4v) is 3.01. The second-order valence-corrected chi connectivity index (χ2v) is 5.95. The van der Waals surface area contributed by atoms with Gasteiger partial charge in [0.1, 0.15) is 5.78 Å². The van der Waals surface area contributed by atoms with Gasteiger partial charge in [0.2, 0.25) is 0 Å². The average Bonchev–Trinajstić information content (AvgIpc) is 2.46. The molecule has 0 bridgehead atoms. The summed E-state index contributed by atoms with van der Waals surface area (Å²) < 4.78 is 5.59. The number of benzene rings is 1. The number of aliphatic hydroxyl groups is 1. The van der Waals surface area contributed by atoms with Crippen LogP contribution in [0.25, 0.3) is 0 Å². The molecular formula is C15H17BrO4. The summed E-state index contributed by atoms with van der Waals surface area (Å²) in [7, 11) is 1.22. The summed E-state index contributed by atoms with van der Waals surface area (Å²) >= 11 is 3.31. The number of halogens is 1. The van der Waals surface area contributed by atoms with Crippen molar-refractivity contribution >= 4 is 27.7 Å². The van der Waals surface area contributed by atoms with E-state index in [0.29, 0.717) is 18.4 Å². The number of ketones is 1. The number of esters is 1. The molecule has 108 valence electrons. The first-order valence-corrected chi connectivity index (χ1v) is 7.39. The minimum absolute atomic E-state index is 0.0768. The molecule has 20 heavy (non-hydrogen) atoms. The Bertz CT molecular complexity index is 511. The third-order valence-electron chi connectivity index (χ3n) is 3.84. The van der Waals surface area contributed by atoms with E-state index in [1.165, 1.54) is 7.11 Å². The Morgan fingerprint density at radius 1 is 1.35 bits per heavy atom. The normalized spacial score (nSPS) is 22.1. The van der Waals surface area contributed by atoms with Gasteiger partial charge in [0, 0.05) is 10.9 Å². The van der Waals surface area contributed by atoms with Gasteiger partial charge in [-0.3, -0.25) is 4.79 Å².